The molecule has 3 rings (SSSR count). The molecule has 1 aliphatic heterocycles. The van der Waals surface area contributed by atoms with E-state index in [4.69, 9.17) is 4.74 Å². The second-order valence-corrected chi connectivity index (χ2v) is 6.36. The molecule has 94 valence electrons. The maximum atomic E-state index is 12.0. The van der Waals surface area contributed by atoms with Crippen LogP contribution in [0, 0.1) is 23.7 Å². The molecule has 1 heterocycles. The van der Waals surface area contributed by atoms with E-state index in [0.717, 1.165) is 6.42 Å². The smallest absolute Gasteiger partial charge is 0.309 e. The van der Waals surface area contributed by atoms with Gasteiger partial charge in [-0.05, 0) is 44.6 Å². The maximum absolute atomic E-state index is 12.0. The fraction of sp³-hybridized carbons (Fsp3) is 0.800. The van der Waals surface area contributed by atoms with Crippen LogP contribution in [0.5, 0.6) is 0 Å². The molecule has 1 saturated carbocycles. The molecule has 3 aliphatic rings. The molecule has 0 aromatic rings. The van der Waals surface area contributed by atoms with Crippen molar-refractivity contribution in [2.24, 2.45) is 23.7 Å². The minimum Gasteiger partial charge on any atom is -0.454 e. The van der Waals surface area contributed by atoms with Crippen LogP contribution in [0.1, 0.15) is 46.5 Å². The molecule has 0 N–H and O–H groups in total. The summed E-state index contributed by atoms with van der Waals surface area (Å²) in [7, 11) is 0. The molecule has 2 heteroatoms. The van der Waals surface area contributed by atoms with Crippen molar-refractivity contribution in [3.63, 3.8) is 0 Å². The van der Waals surface area contributed by atoms with Gasteiger partial charge in [-0.1, -0.05) is 19.4 Å². The molecule has 1 saturated heterocycles. The Morgan fingerprint density at radius 3 is 2.76 bits per heavy atom. The molecule has 1 spiro atoms. The highest BCUT2D eigenvalue weighted by Crippen LogP contribution is 2.56. The molecular weight excluding hydrogens is 212 g/mol. The summed E-state index contributed by atoms with van der Waals surface area (Å²) in [5.41, 5.74) is 1.17. The zero-order chi connectivity index (χ0) is 12.2. The molecule has 0 bridgehead atoms. The first-order valence-corrected chi connectivity index (χ1v) is 6.96. The van der Waals surface area contributed by atoms with Crippen molar-refractivity contribution in [2.75, 3.05) is 0 Å². The SMILES string of the molecule is CC1=C[C@]23OC(=O)[C@@H](C)[C@@H]2CC[C@@H](C)[C@@H]3CC1. The summed E-state index contributed by atoms with van der Waals surface area (Å²) >= 11 is 0. The average Bonchev–Trinajstić information content (AvgIpc) is 2.50. The van der Waals surface area contributed by atoms with Crippen molar-refractivity contribution >= 4 is 5.97 Å². The number of hydrogen-bond acceptors (Lipinski definition) is 2. The third-order valence-electron chi connectivity index (χ3n) is 5.35. The van der Waals surface area contributed by atoms with Crippen molar-refractivity contribution in [3.8, 4) is 0 Å². The summed E-state index contributed by atoms with van der Waals surface area (Å²) < 4.78 is 5.89. The summed E-state index contributed by atoms with van der Waals surface area (Å²) in [5.74, 6) is 1.78. The van der Waals surface area contributed by atoms with Crippen LogP contribution >= 0.6 is 0 Å². The molecule has 0 amide bonds. The van der Waals surface area contributed by atoms with E-state index in [1.165, 1.54) is 24.8 Å². The lowest BCUT2D eigenvalue weighted by Crippen LogP contribution is -2.50. The van der Waals surface area contributed by atoms with Crippen LogP contribution in [0.4, 0.5) is 0 Å². The van der Waals surface area contributed by atoms with Gasteiger partial charge >= 0.3 is 5.97 Å². The second kappa shape index (κ2) is 3.60. The van der Waals surface area contributed by atoms with Crippen molar-refractivity contribution in [3.05, 3.63) is 11.6 Å². The Kier molecular flexibility index (Phi) is 2.39. The van der Waals surface area contributed by atoms with E-state index >= 15 is 0 Å². The zero-order valence-corrected chi connectivity index (χ0v) is 11.0. The van der Waals surface area contributed by atoms with Crippen LogP contribution in [0.15, 0.2) is 11.6 Å². The minimum atomic E-state index is -0.240. The van der Waals surface area contributed by atoms with Gasteiger partial charge in [-0.15, -0.1) is 0 Å². The van der Waals surface area contributed by atoms with Crippen LogP contribution in [-0.2, 0) is 9.53 Å². The number of hydrogen-bond donors (Lipinski definition) is 0. The van der Waals surface area contributed by atoms with E-state index in [-0.39, 0.29) is 17.5 Å². The van der Waals surface area contributed by atoms with Crippen LogP contribution in [0.25, 0.3) is 0 Å². The monoisotopic (exact) mass is 234 g/mol. The summed E-state index contributed by atoms with van der Waals surface area (Å²) in [6.07, 6.45) is 7.07. The van der Waals surface area contributed by atoms with Crippen LogP contribution in [0.2, 0.25) is 0 Å². The lowest BCUT2D eigenvalue weighted by atomic mass is 9.58. The van der Waals surface area contributed by atoms with Gasteiger partial charge in [0.05, 0.1) is 5.92 Å². The number of esters is 1. The fourth-order valence-corrected chi connectivity index (χ4v) is 4.41. The van der Waals surface area contributed by atoms with Gasteiger partial charge in [-0.3, -0.25) is 4.79 Å². The van der Waals surface area contributed by atoms with E-state index in [0.29, 0.717) is 17.8 Å². The molecule has 2 fully saturated rings. The topological polar surface area (TPSA) is 26.3 Å². The highest BCUT2D eigenvalue weighted by Gasteiger charge is 2.60. The summed E-state index contributed by atoms with van der Waals surface area (Å²) in [5, 5.41) is 0. The van der Waals surface area contributed by atoms with Gasteiger partial charge in [0.25, 0.3) is 0 Å². The highest BCUT2D eigenvalue weighted by molar-refractivity contribution is 5.76. The van der Waals surface area contributed by atoms with Gasteiger partial charge in [0.15, 0.2) is 0 Å². The standard InChI is InChI=1S/C15H22O2/c1-9-4-6-12-10(2)5-7-13-11(3)14(16)17-15(12,13)8-9/h8,10-13H,4-7H2,1-3H3/t10-,11+,12+,13+,15-/m1/s1. The fourth-order valence-electron chi connectivity index (χ4n) is 4.41. The molecule has 0 radical (unpaired) electrons. The number of allylic oxidation sites excluding steroid dienone is 1. The number of carbonyl (C=O) groups is 1. The van der Waals surface area contributed by atoms with E-state index < -0.39 is 0 Å². The third-order valence-corrected chi connectivity index (χ3v) is 5.35. The molecule has 0 aromatic heterocycles. The number of rotatable bonds is 0. The first-order valence-electron chi connectivity index (χ1n) is 6.96. The van der Waals surface area contributed by atoms with Crippen LogP contribution < -0.4 is 0 Å². The van der Waals surface area contributed by atoms with E-state index in [1.807, 2.05) is 6.92 Å². The Morgan fingerprint density at radius 1 is 1.24 bits per heavy atom. The summed E-state index contributed by atoms with van der Waals surface area (Å²) in [6, 6.07) is 0. The molecular formula is C15H22O2. The van der Waals surface area contributed by atoms with Crippen LogP contribution in [0.3, 0.4) is 0 Å². The Labute approximate surface area is 103 Å². The zero-order valence-electron chi connectivity index (χ0n) is 11.0. The lowest BCUT2D eigenvalue weighted by Gasteiger charge is -2.48. The maximum Gasteiger partial charge on any atom is 0.309 e. The van der Waals surface area contributed by atoms with E-state index in [9.17, 15) is 4.79 Å². The number of carbonyl (C=O) groups excluding carboxylic acids is 1. The lowest BCUT2D eigenvalue weighted by molar-refractivity contribution is -0.155. The molecule has 17 heavy (non-hydrogen) atoms. The second-order valence-electron chi connectivity index (χ2n) is 6.36. The Hall–Kier alpha value is -0.790. The van der Waals surface area contributed by atoms with E-state index in [1.54, 1.807) is 0 Å². The van der Waals surface area contributed by atoms with Gasteiger partial charge in [-0.2, -0.15) is 0 Å². The molecule has 2 nitrogen and oxygen atoms in total. The molecule has 0 aromatic carbocycles. The highest BCUT2D eigenvalue weighted by atomic mass is 16.6. The van der Waals surface area contributed by atoms with Gasteiger partial charge in [0.1, 0.15) is 5.60 Å². The van der Waals surface area contributed by atoms with Crippen molar-refractivity contribution in [1.29, 1.82) is 0 Å². The van der Waals surface area contributed by atoms with Crippen molar-refractivity contribution < 1.29 is 9.53 Å². The van der Waals surface area contributed by atoms with Crippen molar-refractivity contribution in [1.82, 2.24) is 0 Å². The third kappa shape index (κ3) is 1.42. The molecule has 5 atom stereocenters. The van der Waals surface area contributed by atoms with Gasteiger partial charge in [-0.25, -0.2) is 0 Å². The predicted octanol–water partition coefficient (Wildman–Crippen LogP) is 3.32. The van der Waals surface area contributed by atoms with Crippen LogP contribution in [-0.4, -0.2) is 11.6 Å². The minimum absolute atomic E-state index is 0.0278. The van der Waals surface area contributed by atoms with Gasteiger partial charge in [0.2, 0.25) is 0 Å². The summed E-state index contributed by atoms with van der Waals surface area (Å²) in [4.78, 5) is 12.0. The van der Waals surface area contributed by atoms with Crippen molar-refractivity contribution in [2.45, 2.75) is 52.1 Å². The number of ether oxygens (including phenoxy) is 1. The molecule has 2 aliphatic carbocycles. The first kappa shape index (κ1) is 11.3. The Bertz CT molecular complexity index is 384. The predicted molar refractivity (Wildman–Crippen MR) is 66.4 cm³/mol. The van der Waals surface area contributed by atoms with Gasteiger partial charge < -0.3 is 4.74 Å². The van der Waals surface area contributed by atoms with E-state index in [2.05, 4.69) is 19.9 Å². The first-order chi connectivity index (χ1) is 8.04. The molecule has 0 unspecified atom stereocenters. The quantitative estimate of drug-likeness (QED) is 0.475. The summed E-state index contributed by atoms with van der Waals surface area (Å²) in [6.45, 7) is 6.55. The van der Waals surface area contributed by atoms with Gasteiger partial charge in [0, 0.05) is 11.8 Å². The largest absolute Gasteiger partial charge is 0.454 e. The average molecular weight is 234 g/mol. The Morgan fingerprint density at radius 2 is 2.00 bits per heavy atom. The normalized spacial score (nSPS) is 49.1. The Balaban J connectivity index is 2.07.